The number of amides is 1. The van der Waals surface area contributed by atoms with E-state index in [2.05, 4.69) is 47.9 Å². The number of hydrogen-bond acceptors (Lipinski definition) is 8. The molecule has 38 heavy (non-hydrogen) atoms. The Morgan fingerprint density at radius 1 is 0.842 bits per heavy atom. The van der Waals surface area contributed by atoms with E-state index in [1.807, 2.05) is 69.6 Å². The van der Waals surface area contributed by atoms with E-state index < -0.39 is 0 Å². The quantitative estimate of drug-likeness (QED) is 0.222. The van der Waals surface area contributed by atoms with Gasteiger partial charge in [-0.05, 0) is 73.7 Å². The van der Waals surface area contributed by atoms with Crippen molar-refractivity contribution in [1.82, 2.24) is 15.0 Å². The summed E-state index contributed by atoms with van der Waals surface area (Å²) in [6.45, 7) is 1.84. The largest absolute Gasteiger partial charge is 0.378 e. The lowest BCUT2D eigenvalue weighted by Crippen LogP contribution is -2.12. The molecule has 3 aromatic carbocycles. The van der Waals surface area contributed by atoms with Crippen LogP contribution in [0, 0.1) is 6.92 Å². The molecular weight excluding hydrogens is 476 g/mol. The van der Waals surface area contributed by atoms with E-state index in [4.69, 9.17) is 5.73 Å². The highest BCUT2D eigenvalue weighted by Crippen LogP contribution is 2.29. The molecule has 5 rings (SSSR count). The Morgan fingerprint density at radius 3 is 2.39 bits per heavy atom. The summed E-state index contributed by atoms with van der Waals surface area (Å²) in [5.41, 5.74) is 12.3. The number of aromatic nitrogens is 3. The SMILES string of the molecule is Cc1cc(Nc2cccc(C(=O)Nc3ccc(Nc4ccnc5ccc(N(C)C)cc45)cc3)c2)nc(N)n1. The van der Waals surface area contributed by atoms with Gasteiger partial charge in [0.1, 0.15) is 5.82 Å². The molecule has 2 aromatic heterocycles. The molecule has 0 atom stereocenters. The molecule has 0 aliphatic rings. The zero-order valence-corrected chi connectivity index (χ0v) is 21.4. The summed E-state index contributed by atoms with van der Waals surface area (Å²) in [5.74, 6) is 0.536. The molecule has 0 aliphatic heterocycles. The number of carbonyl (C=O) groups is 1. The number of rotatable bonds is 7. The molecule has 0 unspecified atom stereocenters. The first-order chi connectivity index (χ1) is 18.3. The predicted octanol–water partition coefficient (Wildman–Crippen LogP) is 5.72. The van der Waals surface area contributed by atoms with Gasteiger partial charge < -0.3 is 26.6 Å². The van der Waals surface area contributed by atoms with Crippen LogP contribution in [0.4, 0.5) is 40.2 Å². The molecule has 5 N–H and O–H groups in total. The van der Waals surface area contributed by atoms with Gasteiger partial charge in [0.25, 0.3) is 5.91 Å². The van der Waals surface area contributed by atoms with Crippen molar-refractivity contribution in [3.05, 3.63) is 96.3 Å². The molecule has 9 heteroatoms. The molecule has 0 fully saturated rings. The van der Waals surface area contributed by atoms with Gasteiger partial charge in [-0.25, -0.2) is 4.98 Å². The number of nitrogens with zero attached hydrogens (tertiary/aromatic N) is 4. The van der Waals surface area contributed by atoms with Gasteiger partial charge in [0.15, 0.2) is 0 Å². The average Bonchev–Trinajstić information content (AvgIpc) is 2.89. The van der Waals surface area contributed by atoms with Crippen molar-refractivity contribution in [2.45, 2.75) is 6.92 Å². The van der Waals surface area contributed by atoms with Gasteiger partial charge in [0.2, 0.25) is 5.95 Å². The van der Waals surface area contributed by atoms with Crippen molar-refractivity contribution >= 4 is 57.0 Å². The minimum atomic E-state index is -0.218. The van der Waals surface area contributed by atoms with Gasteiger partial charge in [-0.15, -0.1) is 0 Å². The summed E-state index contributed by atoms with van der Waals surface area (Å²) in [6.07, 6.45) is 1.79. The predicted molar refractivity (Wildman–Crippen MR) is 155 cm³/mol. The molecule has 9 nitrogen and oxygen atoms in total. The first-order valence-electron chi connectivity index (χ1n) is 12.1. The molecule has 0 aliphatic carbocycles. The van der Waals surface area contributed by atoms with Crippen LogP contribution in [0.5, 0.6) is 0 Å². The number of aryl methyl sites for hydroxylation is 1. The molecular formula is C29H28N8O. The van der Waals surface area contributed by atoms with Crippen LogP contribution < -0.4 is 26.6 Å². The lowest BCUT2D eigenvalue weighted by molar-refractivity contribution is 0.102. The van der Waals surface area contributed by atoms with Crippen molar-refractivity contribution in [2.75, 3.05) is 40.7 Å². The molecule has 0 spiro atoms. The van der Waals surface area contributed by atoms with Crippen molar-refractivity contribution in [3.8, 4) is 0 Å². The fourth-order valence-corrected chi connectivity index (χ4v) is 4.06. The Labute approximate surface area is 220 Å². The maximum atomic E-state index is 12.9. The zero-order chi connectivity index (χ0) is 26.6. The molecule has 190 valence electrons. The summed E-state index contributed by atoms with van der Waals surface area (Å²) in [7, 11) is 4.03. The summed E-state index contributed by atoms with van der Waals surface area (Å²) < 4.78 is 0. The third kappa shape index (κ3) is 5.62. The molecule has 1 amide bonds. The number of nitrogen functional groups attached to an aromatic ring is 1. The monoisotopic (exact) mass is 504 g/mol. The minimum absolute atomic E-state index is 0.190. The number of nitrogens with two attached hydrogens (primary N) is 1. The van der Waals surface area contributed by atoms with E-state index >= 15 is 0 Å². The van der Waals surface area contributed by atoms with Crippen LogP contribution >= 0.6 is 0 Å². The fraction of sp³-hybridized carbons (Fsp3) is 0.103. The fourth-order valence-electron chi connectivity index (χ4n) is 4.06. The minimum Gasteiger partial charge on any atom is -0.378 e. The number of hydrogen-bond donors (Lipinski definition) is 4. The number of carbonyl (C=O) groups excluding carboxylic acids is 1. The topological polar surface area (TPSA) is 121 Å². The lowest BCUT2D eigenvalue weighted by atomic mass is 10.1. The Kier molecular flexibility index (Phi) is 6.73. The van der Waals surface area contributed by atoms with E-state index in [-0.39, 0.29) is 11.9 Å². The van der Waals surface area contributed by atoms with E-state index in [1.165, 1.54) is 0 Å². The number of fused-ring (bicyclic) bond motifs is 1. The van der Waals surface area contributed by atoms with Crippen molar-refractivity contribution in [2.24, 2.45) is 0 Å². The van der Waals surface area contributed by atoms with Gasteiger partial charge in [-0.2, -0.15) is 4.98 Å². The highest BCUT2D eigenvalue weighted by Gasteiger charge is 2.09. The summed E-state index contributed by atoms with van der Waals surface area (Å²) in [4.78, 5) is 27.7. The molecule has 0 radical (unpaired) electrons. The van der Waals surface area contributed by atoms with Gasteiger partial charge in [-0.1, -0.05) is 6.07 Å². The van der Waals surface area contributed by atoms with Crippen LogP contribution in [-0.4, -0.2) is 35.0 Å². The summed E-state index contributed by atoms with van der Waals surface area (Å²) >= 11 is 0. The van der Waals surface area contributed by atoms with Crippen molar-refractivity contribution < 1.29 is 4.79 Å². The zero-order valence-electron chi connectivity index (χ0n) is 21.4. The highest BCUT2D eigenvalue weighted by atomic mass is 16.1. The van der Waals surface area contributed by atoms with Gasteiger partial charge in [0.05, 0.1) is 5.52 Å². The number of benzene rings is 3. The molecule has 2 heterocycles. The smallest absolute Gasteiger partial charge is 0.255 e. The first kappa shape index (κ1) is 24.5. The van der Waals surface area contributed by atoms with Gasteiger partial charge in [0, 0.05) is 71.4 Å². The Hall–Kier alpha value is -5.18. The Bertz CT molecular complexity index is 1600. The van der Waals surface area contributed by atoms with Crippen LogP contribution in [-0.2, 0) is 0 Å². The number of pyridine rings is 1. The Balaban J connectivity index is 1.28. The molecule has 5 aromatic rings. The van der Waals surface area contributed by atoms with Gasteiger partial charge >= 0.3 is 0 Å². The van der Waals surface area contributed by atoms with E-state index in [1.54, 1.807) is 24.4 Å². The molecule has 0 bridgehead atoms. The maximum Gasteiger partial charge on any atom is 0.255 e. The third-order valence-electron chi connectivity index (χ3n) is 5.93. The number of anilines is 7. The van der Waals surface area contributed by atoms with E-state index in [9.17, 15) is 4.79 Å². The second-order valence-electron chi connectivity index (χ2n) is 9.07. The van der Waals surface area contributed by atoms with Gasteiger partial charge in [-0.3, -0.25) is 9.78 Å². The molecule has 0 saturated heterocycles. The second-order valence-corrected chi connectivity index (χ2v) is 9.07. The average molecular weight is 505 g/mol. The maximum absolute atomic E-state index is 12.9. The second kappa shape index (κ2) is 10.4. The van der Waals surface area contributed by atoms with Crippen molar-refractivity contribution in [1.29, 1.82) is 0 Å². The lowest BCUT2D eigenvalue weighted by Gasteiger charge is -2.15. The van der Waals surface area contributed by atoms with Crippen LogP contribution in [0.15, 0.2) is 85.1 Å². The van der Waals surface area contributed by atoms with Crippen molar-refractivity contribution in [3.63, 3.8) is 0 Å². The van der Waals surface area contributed by atoms with E-state index in [0.29, 0.717) is 17.1 Å². The van der Waals surface area contributed by atoms with Crippen LogP contribution in [0.25, 0.3) is 10.9 Å². The van der Waals surface area contributed by atoms with Crippen LogP contribution in [0.3, 0.4) is 0 Å². The van der Waals surface area contributed by atoms with E-state index in [0.717, 1.165) is 39.3 Å². The summed E-state index contributed by atoms with van der Waals surface area (Å²) in [6, 6.07) is 24.7. The Morgan fingerprint density at radius 2 is 1.63 bits per heavy atom. The third-order valence-corrected chi connectivity index (χ3v) is 5.93. The highest BCUT2D eigenvalue weighted by molar-refractivity contribution is 6.05. The first-order valence-corrected chi connectivity index (χ1v) is 12.1. The van der Waals surface area contributed by atoms with Crippen LogP contribution in [0.1, 0.15) is 16.1 Å². The van der Waals surface area contributed by atoms with Crippen LogP contribution in [0.2, 0.25) is 0 Å². The normalized spacial score (nSPS) is 10.7. The molecule has 0 saturated carbocycles. The number of nitrogens with one attached hydrogen (secondary N) is 3. The summed E-state index contributed by atoms with van der Waals surface area (Å²) in [5, 5.41) is 10.6. The standard InChI is InChI=1S/C29H28N8O/c1-18-15-27(36-29(30)32-18)34-22-6-4-5-19(16-22)28(38)35-21-9-7-20(8-10-21)33-26-13-14-31-25-12-11-23(37(2)3)17-24(25)26/h4-17H,1-3H3,(H,31,33)(H,35,38)(H3,30,32,34,36).